The van der Waals surface area contributed by atoms with E-state index in [0.29, 0.717) is 0 Å². The summed E-state index contributed by atoms with van der Waals surface area (Å²) in [6, 6.07) is 2.08. The molecule has 0 unspecified atom stereocenters. The molecule has 0 aliphatic rings. The molecule has 11 heavy (non-hydrogen) atoms. The van der Waals surface area contributed by atoms with Crippen LogP contribution in [0.25, 0.3) is 0 Å². The number of thiophene rings is 1. The van der Waals surface area contributed by atoms with Crippen LogP contribution in [0.4, 0.5) is 0 Å². The van der Waals surface area contributed by atoms with E-state index in [1.165, 1.54) is 5.56 Å². The Kier molecular flexibility index (Phi) is 2.35. The summed E-state index contributed by atoms with van der Waals surface area (Å²) in [6.07, 6.45) is 1.00. The quantitative estimate of drug-likeness (QED) is 0.723. The zero-order chi connectivity index (χ0) is 8.48. The second kappa shape index (κ2) is 2.95. The molecule has 0 atom stereocenters. The van der Waals surface area contributed by atoms with Crippen LogP contribution < -0.4 is 0 Å². The van der Waals surface area contributed by atoms with Gasteiger partial charge in [-0.15, -0.1) is 11.3 Å². The zero-order valence-electron chi connectivity index (χ0n) is 7.22. The molecule has 0 saturated heterocycles. The van der Waals surface area contributed by atoms with Crippen molar-refractivity contribution in [2.24, 2.45) is 0 Å². The molecular formula is C9H14OS. The lowest BCUT2D eigenvalue weighted by atomic mass is 10.0. The van der Waals surface area contributed by atoms with Crippen molar-refractivity contribution in [1.29, 1.82) is 0 Å². The van der Waals surface area contributed by atoms with Crippen molar-refractivity contribution in [1.82, 2.24) is 0 Å². The van der Waals surface area contributed by atoms with E-state index < -0.39 is 5.60 Å². The van der Waals surface area contributed by atoms with Gasteiger partial charge in [-0.25, -0.2) is 0 Å². The highest BCUT2D eigenvalue weighted by atomic mass is 32.1. The highest BCUT2D eigenvalue weighted by Gasteiger charge is 2.20. The highest BCUT2D eigenvalue weighted by Crippen LogP contribution is 2.29. The number of aliphatic hydroxyl groups is 1. The Morgan fingerprint density at radius 3 is 2.55 bits per heavy atom. The van der Waals surface area contributed by atoms with E-state index in [9.17, 15) is 5.11 Å². The lowest BCUT2D eigenvalue weighted by Gasteiger charge is -2.16. The van der Waals surface area contributed by atoms with Crippen molar-refractivity contribution >= 4 is 11.3 Å². The average Bonchev–Trinajstić information content (AvgIpc) is 2.31. The first-order valence-electron chi connectivity index (χ1n) is 3.85. The van der Waals surface area contributed by atoms with Crippen LogP contribution in [0.3, 0.4) is 0 Å². The van der Waals surface area contributed by atoms with Gasteiger partial charge in [-0.2, -0.15) is 0 Å². The maximum atomic E-state index is 9.70. The zero-order valence-corrected chi connectivity index (χ0v) is 8.03. The maximum absolute atomic E-state index is 9.70. The van der Waals surface area contributed by atoms with Crippen molar-refractivity contribution in [3.8, 4) is 0 Å². The molecule has 0 saturated carbocycles. The van der Waals surface area contributed by atoms with Crippen molar-refractivity contribution in [3.63, 3.8) is 0 Å². The van der Waals surface area contributed by atoms with Gasteiger partial charge in [-0.05, 0) is 37.3 Å². The summed E-state index contributed by atoms with van der Waals surface area (Å²) >= 11 is 1.63. The summed E-state index contributed by atoms with van der Waals surface area (Å²) < 4.78 is 0. The van der Waals surface area contributed by atoms with Gasteiger partial charge in [0, 0.05) is 4.88 Å². The second-order valence-electron chi connectivity index (χ2n) is 3.19. The molecule has 1 aromatic rings. The molecule has 1 rings (SSSR count). The summed E-state index contributed by atoms with van der Waals surface area (Å²) in [7, 11) is 0. The molecule has 0 radical (unpaired) electrons. The van der Waals surface area contributed by atoms with Gasteiger partial charge in [0.15, 0.2) is 0 Å². The van der Waals surface area contributed by atoms with E-state index in [1.54, 1.807) is 11.3 Å². The van der Waals surface area contributed by atoms with Crippen LogP contribution in [0.2, 0.25) is 0 Å². The molecule has 0 aromatic carbocycles. The number of hydrogen-bond donors (Lipinski definition) is 1. The summed E-state index contributed by atoms with van der Waals surface area (Å²) in [5.41, 5.74) is 0.599. The van der Waals surface area contributed by atoms with E-state index in [1.807, 2.05) is 19.2 Å². The van der Waals surface area contributed by atoms with E-state index in [0.717, 1.165) is 11.3 Å². The van der Waals surface area contributed by atoms with Crippen LogP contribution >= 0.6 is 11.3 Å². The largest absolute Gasteiger partial charge is 0.385 e. The summed E-state index contributed by atoms with van der Waals surface area (Å²) in [4.78, 5) is 1.10. The number of rotatable bonds is 2. The molecule has 0 aliphatic carbocycles. The third-order valence-corrected chi connectivity index (χ3v) is 2.95. The van der Waals surface area contributed by atoms with Crippen molar-refractivity contribution < 1.29 is 5.11 Å². The normalized spacial score (nSPS) is 12.0. The lowest BCUT2D eigenvalue weighted by Crippen LogP contribution is -2.15. The fraction of sp³-hybridized carbons (Fsp3) is 0.556. The van der Waals surface area contributed by atoms with E-state index in [-0.39, 0.29) is 0 Å². The van der Waals surface area contributed by atoms with Crippen molar-refractivity contribution in [2.75, 3.05) is 0 Å². The lowest BCUT2D eigenvalue weighted by molar-refractivity contribution is 0.0817. The number of aryl methyl sites for hydroxylation is 1. The van der Waals surface area contributed by atoms with Gasteiger partial charge in [0.1, 0.15) is 0 Å². The first-order chi connectivity index (χ1) is 5.05. The molecule has 62 valence electrons. The summed E-state index contributed by atoms with van der Waals surface area (Å²) in [5.74, 6) is 0. The van der Waals surface area contributed by atoms with Gasteiger partial charge in [-0.1, -0.05) is 6.92 Å². The second-order valence-corrected chi connectivity index (χ2v) is 4.10. The molecule has 1 nitrogen and oxygen atoms in total. The van der Waals surface area contributed by atoms with Gasteiger partial charge < -0.3 is 5.11 Å². The van der Waals surface area contributed by atoms with Gasteiger partial charge in [0.2, 0.25) is 0 Å². The molecule has 0 aliphatic heterocycles. The van der Waals surface area contributed by atoms with E-state index >= 15 is 0 Å². The van der Waals surface area contributed by atoms with Gasteiger partial charge in [-0.3, -0.25) is 0 Å². The molecule has 1 heterocycles. The monoisotopic (exact) mass is 170 g/mol. The summed E-state index contributed by atoms with van der Waals surface area (Å²) in [6.45, 7) is 5.77. The molecule has 0 amide bonds. The first kappa shape index (κ1) is 8.75. The predicted molar refractivity (Wildman–Crippen MR) is 48.9 cm³/mol. The van der Waals surface area contributed by atoms with Gasteiger partial charge in [0.05, 0.1) is 5.60 Å². The van der Waals surface area contributed by atoms with Crippen LogP contribution in [-0.4, -0.2) is 5.11 Å². The fourth-order valence-corrected chi connectivity index (χ4v) is 2.17. The molecule has 1 aromatic heterocycles. The van der Waals surface area contributed by atoms with Crippen LogP contribution in [0.1, 0.15) is 31.2 Å². The Labute approximate surface area is 71.7 Å². The molecule has 0 fully saturated rings. The Hall–Kier alpha value is -0.340. The molecule has 2 heteroatoms. The smallest absolute Gasteiger partial charge is 0.0934 e. The van der Waals surface area contributed by atoms with Crippen molar-refractivity contribution in [2.45, 2.75) is 32.8 Å². The Morgan fingerprint density at radius 1 is 1.55 bits per heavy atom. The minimum atomic E-state index is -0.667. The minimum absolute atomic E-state index is 0.667. The minimum Gasteiger partial charge on any atom is -0.385 e. The van der Waals surface area contributed by atoms with E-state index in [2.05, 4.69) is 13.0 Å². The average molecular weight is 170 g/mol. The SMILES string of the molecule is CCc1ccsc1C(C)(C)O. The molecule has 0 spiro atoms. The standard InChI is InChI=1S/C9H14OS/c1-4-7-5-6-11-8(7)9(2,3)10/h5-6,10H,4H2,1-3H3. The third kappa shape index (κ3) is 1.82. The van der Waals surface area contributed by atoms with Crippen LogP contribution in [0, 0.1) is 0 Å². The topological polar surface area (TPSA) is 20.2 Å². The fourth-order valence-electron chi connectivity index (χ4n) is 1.15. The Morgan fingerprint density at radius 2 is 2.18 bits per heavy atom. The third-order valence-electron chi connectivity index (χ3n) is 1.68. The predicted octanol–water partition coefficient (Wildman–Crippen LogP) is 2.54. The van der Waals surface area contributed by atoms with Crippen LogP contribution in [0.15, 0.2) is 11.4 Å². The molecule has 0 bridgehead atoms. The number of hydrogen-bond acceptors (Lipinski definition) is 2. The van der Waals surface area contributed by atoms with Crippen LogP contribution in [0.5, 0.6) is 0 Å². The van der Waals surface area contributed by atoms with Gasteiger partial charge >= 0.3 is 0 Å². The highest BCUT2D eigenvalue weighted by molar-refractivity contribution is 7.10. The Balaban J connectivity index is 3.02. The Bertz CT molecular complexity index is 232. The van der Waals surface area contributed by atoms with Crippen LogP contribution in [-0.2, 0) is 12.0 Å². The first-order valence-corrected chi connectivity index (χ1v) is 4.73. The van der Waals surface area contributed by atoms with Gasteiger partial charge in [0.25, 0.3) is 0 Å². The molecule has 1 N–H and O–H groups in total. The van der Waals surface area contributed by atoms with Crippen molar-refractivity contribution in [3.05, 3.63) is 21.9 Å². The maximum Gasteiger partial charge on any atom is 0.0934 e. The molecular weight excluding hydrogens is 156 g/mol. The van der Waals surface area contributed by atoms with E-state index in [4.69, 9.17) is 0 Å². The summed E-state index contributed by atoms with van der Waals surface area (Å²) in [5, 5.41) is 11.7.